The zero-order valence-electron chi connectivity index (χ0n) is 10.5. The summed E-state index contributed by atoms with van der Waals surface area (Å²) in [7, 11) is 2.95. The smallest absolute Gasteiger partial charge is 0.387 e. The van der Waals surface area contributed by atoms with Crippen molar-refractivity contribution in [3.05, 3.63) is 28.8 Å². The molecule has 0 aromatic heterocycles. The highest BCUT2D eigenvalue weighted by Gasteiger charge is 2.28. The molecule has 0 atom stereocenters. The third kappa shape index (κ3) is 4.63. The van der Waals surface area contributed by atoms with Gasteiger partial charge in [-0.3, -0.25) is 4.79 Å². The maximum Gasteiger partial charge on any atom is 0.390 e. The first-order valence-corrected chi connectivity index (χ1v) is 5.92. The van der Waals surface area contributed by atoms with E-state index in [1.807, 2.05) is 0 Å². The molecule has 0 spiro atoms. The number of carbonyl (C=O) groups is 1. The van der Waals surface area contributed by atoms with E-state index in [0.717, 1.165) is 4.90 Å². The van der Waals surface area contributed by atoms with Gasteiger partial charge in [-0.1, -0.05) is 11.6 Å². The molecule has 1 N–H and O–H groups in total. The number of carbonyl (C=O) groups excluding carboxylic acids is 1. The molecule has 0 unspecified atom stereocenters. The Balaban J connectivity index is 2.84. The molecule has 1 rings (SSSR count). The Morgan fingerprint density at radius 3 is 2.58 bits per heavy atom. The molecule has 0 aliphatic rings. The standard InChI is InChI=1S/C12H14ClF3N2O/c1-17-10-4-3-8(13)7-9(10)11(19)18(2)6-5-12(14,15)16/h3-4,7,17H,5-6H2,1-2H3. The molecule has 1 aromatic rings. The van der Waals surface area contributed by atoms with Gasteiger partial charge in [0, 0.05) is 31.4 Å². The van der Waals surface area contributed by atoms with Crippen LogP contribution in [-0.4, -0.2) is 37.6 Å². The summed E-state index contributed by atoms with van der Waals surface area (Å²) >= 11 is 5.79. The molecule has 106 valence electrons. The fraction of sp³-hybridized carbons (Fsp3) is 0.417. The SMILES string of the molecule is CNc1ccc(Cl)cc1C(=O)N(C)CCC(F)(F)F. The van der Waals surface area contributed by atoms with Crippen molar-refractivity contribution in [2.45, 2.75) is 12.6 Å². The summed E-state index contributed by atoms with van der Waals surface area (Å²) in [5.74, 6) is -0.504. The van der Waals surface area contributed by atoms with Crippen LogP contribution in [0.25, 0.3) is 0 Å². The van der Waals surface area contributed by atoms with Crippen LogP contribution in [-0.2, 0) is 0 Å². The monoisotopic (exact) mass is 294 g/mol. The van der Waals surface area contributed by atoms with Crippen LogP contribution >= 0.6 is 11.6 Å². The lowest BCUT2D eigenvalue weighted by molar-refractivity contribution is -0.136. The number of benzene rings is 1. The van der Waals surface area contributed by atoms with Gasteiger partial charge in [0.25, 0.3) is 5.91 Å². The molecule has 0 aliphatic carbocycles. The minimum absolute atomic E-state index is 0.250. The number of nitrogens with one attached hydrogen (secondary N) is 1. The minimum Gasteiger partial charge on any atom is -0.387 e. The van der Waals surface area contributed by atoms with Gasteiger partial charge in [-0.25, -0.2) is 0 Å². The number of anilines is 1. The Bertz CT molecular complexity index is 463. The van der Waals surface area contributed by atoms with Crippen molar-refractivity contribution >= 4 is 23.2 Å². The average molecular weight is 295 g/mol. The quantitative estimate of drug-likeness (QED) is 0.923. The summed E-state index contributed by atoms with van der Waals surface area (Å²) in [4.78, 5) is 13.1. The fourth-order valence-electron chi connectivity index (χ4n) is 1.51. The molecule has 0 heterocycles. The molecule has 0 saturated heterocycles. The van der Waals surface area contributed by atoms with Crippen molar-refractivity contribution in [2.24, 2.45) is 0 Å². The van der Waals surface area contributed by atoms with E-state index in [-0.39, 0.29) is 5.56 Å². The molecular formula is C12H14ClF3N2O. The first-order chi connectivity index (χ1) is 8.74. The predicted octanol–water partition coefficient (Wildman–Crippen LogP) is 3.41. The highest BCUT2D eigenvalue weighted by Crippen LogP contribution is 2.23. The van der Waals surface area contributed by atoms with Crippen molar-refractivity contribution in [1.29, 1.82) is 0 Å². The number of hydrogen-bond donors (Lipinski definition) is 1. The highest BCUT2D eigenvalue weighted by atomic mass is 35.5. The molecule has 3 nitrogen and oxygen atoms in total. The van der Waals surface area contributed by atoms with Crippen molar-refractivity contribution in [3.8, 4) is 0 Å². The molecule has 7 heteroatoms. The highest BCUT2D eigenvalue weighted by molar-refractivity contribution is 6.31. The molecular weight excluding hydrogens is 281 g/mol. The third-order valence-electron chi connectivity index (χ3n) is 2.56. The molecule has 0 fully saturated rings. The van der Waals surface area contributed by atoms with Gasteiger partial charge >= 0.3 is 6.18 Å². The van der Waals surface area contributed by atoms with Crippen LogP contribution in [0.5, 0.6) is 0 Å². The largest absolute Gasteiger partial charge is 0.390 e. The maximum absolute atomic E-state index is 12.1. The third-order valence-corrected chi connectivity index (χ3v) is 2.79. The topological polar surface area (TPSA) is 32.3 Å². The van der Waals surface area contributed by atoms with Crippen LogP contribution in [0.4, 0.5) is 18.9 Å². The Morgan fingerprint density at radius 1 is 1.42 bits per heavy atom. The van der Waals surface area contributed by atoms with Crippen LogP contribution in [0.15, 0.2) is 18.2 Å². The summed E-state index contributed by atoms with van der Waals surface area (Å²) in [6.45, 7) is -0.391. The van der Waals surface area contributed by atoms with Crippen LogP contribution in [0.2, 0.25) is 5.02 Å². The first kappa shape index (κ1) is 15.6. The van der Waals surface area contributed by atoms with Crippen molar-refractivity contribution in [1.82, 2.24) is 4.90 Å². The van der Waals surface area contributed by atoms with Crippen LogP contribution in [0.3, 0.4) is 0 Å². The van der Waals surface area contributed by atoms with E-state index < -0.39 is 25.0 Å². The van der Waals surface area contributed by atoms with Gasteiger partial charge in [-0.05, 0) is 18.2 Å². The van der Waals surface area contributed by atoms with E-state index in [9.17, 15) is 18.0 Å². The summed E-state index contributed by atoms with van der Waals surface area (Å²) in [5, 5.41) is 3.16. The Morgan fingerprint density at radius 2 is 2.05 bits per heavy atom. The van der Waals surface area contributed by atoms with Crippen molar-refractivity contribution < 1.29 is 18.0 Å². The number of alkyl halides is 3. The Kier molecular flexibility index (Phi) is 5.05. The number of halogens is 4. The van der Waals surface area contributed by atoms with Crippen molar-refractivity contribution in [3.63, 3.8) is 0 Å². The molecule has 0 aliphatic heterocycles. The normalized spacial score (nSPS) is 11.3. The van der Waals surface area contributed by atoms with Gasteiger partial charge in [-0.15, -0.1) is 0 Å². The number of hydrogen-bond acceptors (Lipinski definition) is 2. The second kappa shape index (κ2) is 6.14. The average Bonchev–Trinajstić information content (AvgIpc) is 2.34. The fourth-order valence-corrected chi connectivity index (χ4v) is 1.69. The van der Waals surface area contributed by atoms with Gasteiger partial charge in [0.1, 0.15) is 0 Å². The molecule has 1 amide bonds. The van der Waals surface area contributed by atoms with Crippen molar-refractivity contribution in [2.75, 3.05) is 26.0 Å². The van der Waals surface area contributed by atoms with Gasteiger partial charge in [0.15, 0.2) is 0 Å². The Labute approximate surface area is 114 Å². The van der Waals surface area contributed by atoms with Crippen LogP contribution in [0.1, 0.15) is 16.8 Å². The number of amides is 1. The van der Waals surface area contributed by atoms with E-state index in [1.54, 1.807) is 19.2 Å². The first-order valence-electron chi connectivity index (χ1n) is 5.54. The van der Waals surface area contributed by atoms with E-state index in [1.165, 1.54) is 13.1 Å². The lowest BCUT2D eigenvalue weighted by atomic mass is 10.1. The lowest BCUT2D eigenvalue weighted by Gasteiger charge is -2.20. The van der Waals surface area contributed by atoms with E-state index in [0.29, 0.717) is 10.7 Å². The molecule has 1 aromatic carbocycles. The summed E-state index contributed by atoms with van der Waals surface area (Å²) in [5.41, 5.74) is 0.771. The molecule has 0 saturated carbocycles. The second-order valence-electron chi connectivity index (χ2n) is 4.03. The summed E-state index contributed by atoms with van der Waals surface area (Å²) in [6.07, 6.45) is -5.32. The summed E-state index contributed by atoms with van der Waals surface area (Å²) in [6, 6.07) is 4.63. The van der Waals surface area contributed by atoms with Gasteiger partial charge < -0.3 is 10.2 Å². The zero-order valence-corrected chi connectivity index (χ0v) is 11.3. The Hall–Kier alpha value is -1.43. The maximum atomic E-state index is 12.1. The van der Waals surface area contributed by atoms with E-state index in [4.69, 9.17) is 11.6 Å². The summed E-state index contributed by atoms with van der Waals surface area (Å²) < 4.78 is 36.4. The molecule has 0 bridgehead atoms. The zero-order chi connectivity index (χ0) is 14.6. The van der Waals surface area contributed by atoms with Gasteiger partial charge in [-0.2, -0.15) is 13.2 Å². The second-order valence-corrected chi connectivity index (χ2v) is 4.47. The lowest BCUT2D eigenvalue weighted by Crippen LogP contribution is -2.31. The van der Waals surface area contributed by atoms with Gasteiger partial charge in [0.2, 0.25) is 0 Å². The van der Waals surface area contributed by atoms with Crippen LogP contribution in [0, 0.1) is 0 Å². The predicted molar refractivity (Wildman–Crippen MR) is 68.6 cm³/mol. The van der Waals surface area contributed by atoms with E-state index in [2.05, 4.69) is 5.32 Å². The van der Waals surface area contributed by atoms with Gasteiger partial charge in [0.05, 0.1) is 12.0 Å². The molecule has 19 heavy (non-hydrogen) atoms. The van der Waals surface area contributed by atoms with Crippen LogP contribution < -0.4 is 5.32 Å². The number of nitrogens with zero attached hydrogens (tertiary/aromatic N) is 1. The number of rotatable bonds is 4. The minimum atomic E-state index is -4.28. The molecule has 0 radical (unpaired) electrons. The van der Waals surface area contributed by atoms with E-state index >= 15 is 0 Å².